The Hall–Kier alpha value is -3.33. The molecule has 2 aromatic rings. The highest BCUT2D eigenvalue weighted by Gasteiger charge is 2.48. The summed E-state index contributed by atoms with van der Waals surface area (Å²) in [5.74, 6) is -0.439. The third-order valence-corrected chi connectivity index (χ3v) is 11.2. The van der Waals surface area contributed by atoms with Crippen LogP contribution in [0.3, 0.4) is 0 Å². The van der Waals surface area contributed by atoms with Gasteiger partial charge in [-0.3, -0.25) is 9.59 Å². The molecule has 210 valence electrons. The van der Waals surface area contributed by atoms with Crippen LogP contribution in [0.4, 0.5) is 0 Å². The minimum Gasteiger partial charge on any atom is -0.496 e. The highest BCUT2D eigenvalue weighted by Crippen LogP contribution is 2.55. The number of nitrogens with one attached hydrogen (secondary N) is 1. The van der Waals surface area contributed by atoms with Gasteiger partial charge in [0.2, 0.25) is 10.0 Å². The molecule has 40 heavy (non-hydrogen) atoms. The maximum Gasteiger partial charge on any atom is 0.309 e. The van der Waals surface area contributed by atoms with Crippen molar-refractivity contribution in [3.05, 3.63) is 63.9 Å². The van der Waals surface area contributed by atoms with Crippen molar-refractivity contribution < 1.29 is 27.5 Å². The van der Waals surface area contributed by atoms with Gasteiger partial charge in [-0.25, -0.2) is 13.1 Å². The molecule has 1 unspecified atom stereocenters. The molecule has 0 radical (unpaired) electrons. The summed E-state index contributed by atoms with van der Waals surface area (Å²) in [4.78, 5) is 26.5. The molecule has 9 heteroatoms. The Morgan fingerprint density at radius 2 is 1.82 bits per heavy atom. The van der Waals surface area contributed by atoms with Gasteiger partial charge in [-0.15, -0.1) is 0 Å². The van der Waals surface area contributed by atoms with Gasteiger partial charge in [0.15, 0.2) is 0 Å². The number of ether oxygens (including phenoxy) is 2. The standard InChI is InChI=1S/C31H34N2O6S/c1-38-25-14-13-19(17-7-4-3-5-8-17)29-22(25)15-24-26-20(9-6-10-21(26)31(35)39-2)27-23(16-33(24)29)28(27)30(34)32-40(36,37)18-11-12-18/h6,9,13-15,17-18,21,26H,3-5,7-8,10-12,16H2,1-2H3,(H,32,34)/t21-,26?/m1/s1. The molecule has 0 bridgehead atoms. The van der Waals surface area contributed by atoms with Crippen molar-refractivity contribution in [1.82, 2.24) is 9.29 Å². The number of fused-ring (bicyclic) bond motifs is 6. The summed E-state index contributed by atoms with van der Waals surface area (Å²) in [6, 6.07) is 6.38. The number of allylic oxidation sites excluding steroid dienone is 4. The Bertz CT molecular complexity index is 1650. The fourth-order valence-corrected chi connectivity index (χ4v) is 8.57. The molecule has 0 spiro atoms. The average Bonchev–Trinajstić information content (AvgIpc) is 3.88. The van der Waals surface area contributed by atoms with Gasteiger partial charge in [0.25, 0.3) is 5.91 Å². The number of hydrogen-bond acceptors (Lipinski definition) is 6. The van der Waals surface area contributed by atoms with E-state index in [0.29, 0.717) is 37.3 Å². The Morgan fingerprint density at radius 1 is 1.05 bits per heavy atom. The van der Waals surface area contributed by atoms with Gasteiger partial charge >= 0.3 is 5.97 Å². The number of sulfonamides is 1. The molecule has 4 aliphatic carbocycles. The Kier molecular flexibility index (Phi) is 6.00. The summed E-state index contributed by atoms with van der Waals surface area (Å²) >= 11 is 0. The topological polar surface area (TPSA) is 104 Å². The van der Waals surface area contributed by atoms with E-state index < -0.39 is 27.1 Å². The van der Waals surface area contributed by atoms with E-state index in [1.165, 1.54) is 31.9 Å². The lowest BCUT2D eigenvalue weighted by molar-refractivity contribution is -0.146. The van der Waals surface area contributed by atoms with Crippen LogP contribution in [0.25, 0.3) is 10.9 Å². The number of hydrogen-bond donors (Lipinski definition) is 1. The van der Waals surface area contributed by atoms with Crippen molar-refractivity contribution in [2.75, 3.05) is 14.2 Å². The third-order valence-electron chi connectivity index (χ3n) is 9.42. The average molecular weight is 563 g/mol. The third kappa shape index (κ3) is 3.96. The second-order valence-corrected chi connectivity index (χ2v) is 13.7. The monoisotopic (exact) mass is 562 g/mol. The molecule has 8 nitrogen and oxygen atoms in total. The van der Waals surface area contributed by atoms with Crippen LogP contribution < -0.4 is 9.46 Å². The quantitative estimate of drug-likeness (QED) is 0.510. The molecule has 2 fully saturated rings. The van der Waals surface area contributed by atoms with Crippen molar-refractivity contribution in [3.63, 3.8) is 0 Å². The molecule has 1 N–H and O–H groups in total. The highest BCUT2D eigenvalue weighted by atomic mass is 32.2. The number of nitrogens with zero attached hydrogens (tertiary/aromatic N) is 1. The molecule has 1 aromatic carbocycles. The normalized spacial score (nSPS) is 24.2. The van der Waals surface area contributed by atoms with E-state index in [0.717, 1.165) is 51.9 Å². The van der Waals surface area contributed by atoms with Crippen molar-refractivity contribution in [3.8, 4) is 5.75 Å². The summed E-state index contributed by atoms with van der Waals surface area (Å²) in [5.41, 5.74) is 6.31. The summed E-state index contributed by atoms with van der Waals surface area (Å²) in [5, 5.41) is 0.518. The smallest absolute Gasteiger partial charge is 0.309 e. The van der Waals surface area contributed by atoms with Crippen LogP contribution in [0.5, 0.6) is 5.75 Å². The summed E-state index contributed by atoms with van der Waals surface area (Å²) < 4.78 is 40.9. The zero-order valence-corrected chi connectivity index (χ0v) is 23.7. The predicted molar refractivity (Wildman–Crippen MR) is 150 cm³/mol. The molecule has 2 heterocycles. The first kappa shape index (κ1) is 25.6. The molecular formula is C31H34N2O6S. The van der Waals surface area contributed by atoms with Gasteiger partial charge in [0, 0.05) is 23.5 Å². The van der Waals surface area contributed by atoms with E-state index >= 15 is 0 Å². The van der Waals surface area contributed by atoms with Crippen molar-refractivity contribution in [1.29, 1.82) is 0 Å². The van der Waals surface area contributed by atoms with E-state index in [1.54, 1.807) is 7.11 Å². The minimum atomic E-state index is -3.69. The van der Waals surface area contributed by atoms with E-state index in [4.69, 9.17) is 9.47 Å². The number of esters is 1. The van der Waals surface area contributed by atoms with Gasteiger partial charge in [0.05, 0.1) is 36.5 Å². The second kappa shape index (κ2) is 9.36. The fraction of sp³-hybridized carbons (Fsp3) is 0.484. The number of benzene rings is 1. The molecule has 1 aromatic heterocycles. The maximum atomic E-state index is 13.4. The van der Waals surface area contributed by atoms with Gasteiger partial charge in [-0.2, -0.15) is 0 Å². The van der Waals surface area contributed by atoms with E-state index in [-0.39, 0.29) is 11.9 Å². The molecule has 5 aliphatic rings. The Morgan fingerprint density at radius 3 is 2.52 bits per heavy atom. The van der Waals surface area contributed by atoms with Crippen molar-refractivity contribution >= 4 is 32.8 Å². The molecule has 0 saturated heterocycles. The lowest BCUT2D eigenvalue weighted by Gasteiger charge is -2.29. The predicted octanol–water partition coefficient (Wildman–Crippen LogP) is 4.76. The molecule has 2 atom stereocenters. The first-order chi connectivity index (χ1) is 19.3. The Labute approximate surface area is 234 Å². The molecular weight excluding hydrogens is 528 g/mol. The van der Waals surface area contributed by atoms with Crippen LogP contribution >= 0.6 is 0 Å². The number of methoxy groups -OCH3 is 2. The highest BCUT2D eigenvalue weighted by molar-refractivity contribution is 7.91. The van der Waals surface area contributed by atoms with Crippen LogP contribution in [0, 0.1) is 5.92 Å². The van der Waals surface area contributed by atoms with E-state index in [2.05, 4.69) is 21.4 Å². The van der Waals surface area contributed by atoms with Crippen LogP contribution in [0.2, 0.25) is 0 Å². The summed E-state index contributed by atoms with van der Waals surface area (Å²) in [7, 11) is -0.603. The zero-order chi connectivity index (χ0) is 27.8. The van der Waals surface area contributed by atoms with Crippen LogP contribution in [-0.2, 0) is 30.9 Å². The van der Waals surface area contributed by atoms with Gasteiger partial charge in [-0.1, -0.05) is 37.5 Å². The summed E-state index contributed by atoms with van der Waals surface area (Å²) in [6.07, 6.45) is 11.6. The van der Waals surface area contributed by atoms with E-state index in [9.17, 15) is 18.0 Å². The largest absolute Gasteiger partial charge is 0.496 e. The first-order valence-electron chi connectivity index (χ1n) is 14.3. The molecule has 2 saturated carbocycles. The van der Waals surface area contributed by atoms with Gasteiger partial charge in [0.1, 0.15) is 5.75 Å². The lowest BCUT2D eigenvalue weighted by Crippen LogP contribution is -2.33. The lowest BCUT2D eigenvalue weighted by atomic mass is 9.76. The number of carbonyl (C=O) groups excluding carboxylic acids is 2. The number of amides is 1. The SMILES string of the molecule is COC(=O)[C@@H]1CC=CC2=C3C(=C3C(=O)NS(=O)(=O)C3CC3)Cn3c(cc4c(OC)ccc(C5CCCCC5)c43)C21. The molecule has 1 amide bonds. The van der Waals surface area contributed by atoms with Gasteiger partial charge < -0.3 is 14.0 Å². The van der Waals surface area contributed by atoms with Crippen molar-refractivity contribution in [2.24, 2.45) is 5.92 Å². The molecule has 7 rings (SSSR count). The number of carbonyl (C=O) groups is 2. The van der Waals surface area contributed by atoms with E-state index in [1.807, 2.05) is 18.2 Å². The van der Waals surface area contributed by atoms with Gasteiger partial charge in [-0.05, 0) is 72.4 Å². The Balaban J connectivity index is 1.43. The fourth-order valence-electron chi connectivity index (χ4n) is 7.29. The van der Waals surface area contributed by atoms with Crippen LogP contribution in [0.15, 0.2) is 52.6 Å². The maximum absolute atomic E-state index is 13.4. The molecule has 1 aliphatic heterocycles. The summed E-state index contributed by atoms with van der Waals surface area (Å²) in [6.45, 7) is 0.440. The number of rotatable bonds is 6. The van der Waals surface area contributed by atoms with Crippen molar-refractivity contribution in [2.45, 2.75) is 75.0 Å². The minimum absolute atomic E-state index is 0.296. The first-order valence-corrected chi connectivity index (χ1v) is 15.9. The zero-order valence-electron chi connectivity index (χ0n) is 22.9. The second-order valence-electron chi connectivity index (χ2n) is 11.7. The van der Waals surface area contributed by atoms with Crippen LogP contribution in [0.1, 0.15) is 74.5 Å². The van der Waals surface area contributed by atoms with Crippen LogP contribution in [-0.4, -0.2) is 44.3 Å². The number of aromatic nitrogens is 1.